The lowest BCUT2D eigenvalue weighted by Gasteiger charge is -2.20. The van der Waals surface area contributed by atoms with Crippen molar-refractivity contribution in [3.63, 3.8) is 0 Å². The first kappa shape index (κ1) is 9.57. The Balaban J connectivity index is 2.50. The highest BCUT2D eigenvalue weighted by molar-refractivity contribution is 5.46. The quantitative estimate of drug-likeness (QED) is 0.696. The fourth-order valence-electron chi connectivity index (χ4n) is 2.46. The molecular formula is C13H18O. The third-order valence-corrected chi connectivity index (χ3v) is 3.18. The van der Waals surface area contributed by atoms with Gasteiger partial charge in [0.15, 0.2) is 0 Å². The van der Waals surface area contributed by atoms with Gasteiger partial charge in [0.25, 0.3) is 0 Å². The summed E-state index contributed by atoms with van der Waals surface area (Å²) in [6.45, 7) is 2.22. The van der Waals surface area contributed by atoms with Crippen molar-refractivity contribution in [3.8, 4) is 5.75 Å². The Morgan fingerprint density at radius 2 is 2.00 bits per heavy atom. The molecule has 1 nitrogen and oxygen atoms in total. The van der Waals surface area contributed by atoms with Gasteiger partial charge in [-0.15, -0.1) is 0 Å². The number of fused-ring (bicyclic) bond motifs is 1. The molecule has 1 heteroatoms. The van der Waals surface area contributed by atoms with Crippen LogP contribution >= 0.6 is 0 Å². The second kappa shape index (κ2) is 4.04. The minimum Gasteiger partial charge on any atom is -0.496 e. The van der Waals surface area contributed by atoms with Gasteiger partial charge in [-0.3, -0.25) is 0 Å². The first-order valence-electron chi connectivity index (χ1n) is 5.54. The van der Waals surface area contributed by atoms with Crippen molar-refractivity contribution in [2.24, 2.45) is 0 Å². The van der Waals surface area contributed by atoms with E-state index >= 15 is 0 Å². The zero-order chi connectivity index (χ0) is 9.97. The Morgan fingerprint density at radius 3 is 2.71 bits per heavy atom. The molecule has 0 aromatic heterocycles. The van der Waals surface area contributed by atoms with Gasteiger partial charge in [0.2, 0.25) is 0 Å². The summed E-state index contributed by atoms with van der Waals surface area (Å²) in [6, 6.07) is 4.37. The maximum absolute atomic E-state index is 5.40. The number of aryl methyl sites for hydroxylation is 1. The molecule has 0 saturated heterocycles. The Hall–Kier alpha value is -0.980. The van der Waals surface area contributed by atoms with Crippen LogP contribution in [0.3, 0.4) is 0 Å². The Kier molecular flexibility index (Phi) is 2.76. The SMILES string of the molecule is CCc1c(OC)ccc2c1CCCC2. The average Bonchev–Trinajstić information content (AvgIpc) is 2.27. The van der Waals surface area contributed by atoms with Gasteiger partial charge in [0.05, 0.1) is 7.11 Å². The Labute approximate surface area is 86.1 Å². The summed E-state index contributed by atoms with van der Waals surface area (Å²) in [5.74, 6) is 1.08. The minimum absolute atomic E-state index is 1.08. The molecule has 0 unspecified atom stereocenters. The van der Waals surface area contributed by atoms with Crippen molar-refractivity contribution in [2.45, 2.75) is 39.0 Å². The van der Waals surface area contributed by atoms with Gasteiger partial charge in [-0.2, -0.15) is 0 Å². The molecule has 14 heavy (non-hydrogen) atoms. The number of hydrogen-bond donors (Lipinski definition) is 0. The normalized spacial score (nSPS) is 15.0. The molecule has 0 spiro atoms. The van der Waals surface area contributed by atoms with Gasteiger partial charge in [0, 0.05) is 0 Å². The maximum Gasteiger partial charge on any atom is 0.122 e. The molecule has 0 atom stereocenters. The van der Waals surface area contributed by atoms with Crippen molar-refractivity contribution in [3.05, 3.63) is 28.8 Å². The van der Waals surface area contributed by atoms with E-state index in [1.165, 1.54) is 31.2 Å². The summed E-state index contributed by atoms with van der Waals surface area (Å²) in [4.78, 5) is 0. The Morgan fingerprint density at radius 1 is 1.21 bits per heavy atom. The van der Waals surface area contributed by atoms with E-state index in [9.17, 15) is 0 Å². The molecule has 0 fully saturated rings. The maximum atomic E-state index is 5.40. The van der Waals surface area contributed by atoms with Crippen LogP contribution in [0.5, 0.6) is 5.75 Å². The van der Waals surface area contributed by atoms with E-state index in [-0.39, 0.29) is 0 Å². The van der Waals surface area contributed by atoms with E-state index in [0.29, 0.717) is 0 Å². The summed E-state index contributed by atoms with van der Waals surface area (Å²) in [7, 11) is 1.77. The third-order valence-electron chi connectivity index (χ3n) is 3.18. The topological polar surface area (TPSA) is 9.23 Å². The predicted molar refractivity (Wildman–Crippen MR) is 59.0 cm³/mol. The molecule has 0 aliphatic heterocycles. The van der Waals surface area contributed by atoms with Gasteiger partial charge in [-0.25, -0.2) is 0 Å². The second-order valence-electron chi connectivity index (χ2n) is 3.94. The Bertz CT molecular complexity index is 313. The van der Waals surface area contributed by atoms with Crippen molar-refractivity contribution in [1.29, 1.82) is 0 Å². The van der Waals surface area contributed by atoms with Crippen molar-refractivity contribution < 1.29 is 4.74 Å². The van der Waals surface area contributed by atoms with E-state index in [0.717, 1.165) is 12.2 Å². The number of benzene rings is 1. The first-order valence-corrected chi connectivity index (χ1v) is 5.54. The number of methoxy groups -OCH3 is 1. The van der Waals surface area contributed by atoms with Gasteiger partial charge in [-0.1, -0.05) is 13.0 Å². The lowest BCUT2D eigenvalue weighted by atomic mass is 9.87. The fourth-order valence-corrected chi connectivity index (χ4v) is 2.46. The minimum atomic E-state index is 1.08. The zero-order valence-corrected chi connectivity index (χ0v) is 9.10. The molecule has 1 aromatic rings. The van der Waals surface area contributed by atoms with E-state index < -0.39 is 0 Å². The van der Waals surface area contributed by atoms with Crippen LogP contribution in [0.4, 0.5) is 0 Å². The largest absolute Gasteiger partial charge is 0.496 e. The highest BCUT2D eigenvalue weighted by Crippen LogP contribution is 2.31. The monoisotopic (exact) mass is 190 g/mol. The summed E-state index contributed by atoms with van der Waals surface area (Å²) >= 11 is 0. The van der Waals surface area contributed by atoms with E-state index in [4.69, 9.17) is 4.74 Å². The molecule has 0 saturated carbocycles. The van der Waals surface area contributed by atoms with Crippen LogP contribution in [0.25, 0.3) is 0 Å². The average molecular weight is 190 g/mol. The number of hydrogen-bond acceptors (Lipinski definition) is 1. The molecule has 0 N–H and O–H groups in total. The van der Waals surface area contributed by atoms with E-state index in [1.54, 1.807) is 18.2 Å². The third kappa shape index (κ3) is 1.52. The summed E-state index contributed by atoms with van der Waals surface area (Å²) in [5, 5.41) is 0. The van der Waals surface area contributed by atoms with Gasteiger partial charge in [-0.05, 0) is 54.9 Å². The van der Waals surface area contributed by atoms with Gasteiger partial charge in [0.1, 0.15) is 5.75 Å². The fraction of sp³-hybridized carbons (Fsp3) is 0.538. The molecule has 76 valence electrons. The van der Waals surface area contributed by atoms with Crippen LogP contribution in [0.1, 0.15) is 36.5 Å². The van der Waals surface area contributed by atoms with Crippen LogP contribution in [0, 0.1) is 0 Å². The molecule has 1 aliphatic carbocycles. The van der Waals surface area contributed by atoms with Crippen molar-refractivity contribution in [2.75, 3.05) is 7.11 Å². The highest BCUT2D eigenvalue weighted by Gasteiger charge is 2.15. The molecular weight excluding hydrogens is 172 g/mol. The first-order chi connectivity index (χ1) is 6.86. The highest BCUT2D eigenvalue weighted by atomic mass is 16.5. The van der Waals surface area contributed by atoms with Crippen LogP contribution < -0.4 is 4.74 Å². The van der Waals surface area contributed by atoms with E-state index in [2.05, 4.69) is 19.1 Å². The molecule has 0 bridgehead atoms. The number of rotatable bonds is 2. The van der Waals surface area contributed by atoms with Crippen LogP contribution in [-0.2, 0) is 19.3 Å². The molecule has 0 radical (unpaired) electrons. The lowest BCUT2D eigenvalue weighted by Crippen LogP contribution is -2.07. The van der Waals surface area contributed by atoms with Crippen LogP contribution in [0.2, 0.25) is 0 Å². The summed E-state index contributed by atoms with van der Waals surface area (Å²) in [5.41, 5.74) is 4.55. The number of ether oxygens (including phenoxy) is 1. The summed E-state index contributed by atoms with van der Waals surface area (Å²) in [6.07, 6.45) is 6.28. The molecule has 2 rings (SSSR count). The summed E-state index contributed by atoms with van der Waals surface area (Å²) < 4.78 is 5.40. The van der Waals surface area contributed by atoms with Gasteiger partial charge >= 0.3 is 0 Å². The lowest BCUT2D eigenvalue weighted by molar-refractivity contribution is 0.408. The van der Waals surface area contributed by atoms with Crippen LogP contribution in [-0.4, -0.2) is 7.11 Å². The second-order valence-corrected chi connectivity index (χ2v) is 3.94. The standard InChI is InChI=1S/C13H18O/c1-3-11-12-7-5-4-6-10(12)8-9-13(11)14-2/h8-9H,3-7H2,1-2H3. The zero-order valence-electron chi connectivity index (χ0n) is 9.10. The van der Waals surface area contributed by atoms with Crippen molar-refractivity contribution >= 4 is 0 Å². The smallest absolute Gasteiger partial charge is 0.122 e. The van der Waals surface area contributed by atoms with Crippen LogP contribution in [0.15, 0.2) is 12.1 Å². The predicted octanol–water partition coefficient (Wildman–Crippen LogP) is 3.14. The van der Waals surface area contributed by atoms with Gasteiger partial charge < -0.3 is 4.74 Å². The molecule has 0 heterocycles. The van der Waals surface area contributed by atoms with Crippen molar-refractivity contribution in [1.82, 2.24) is 0 Å². The molecule has 1 aliphatic rings. The van der Waals surface area contributed by atoms with E-state index in [1.807, 2.05) is 0 Å². The molecule has 1 aromatic carbocycles. The molecule has 0 amide bonds.